The van der Waals surface area contributed by atoms with Gasteiger partial charge in [-0.2, -0.15) is 9.40 Å². The van der Waals surface area contributed by atoms with Gasteiger partial charge >= 0.3 is 0 Å². The molecule has 1 aromatic heterocycles. The van der Waals surface area contributed by atoms with Crippen molar-refractivity contribution in [3.05, 3.63) is 11.4 Å². The molecule has 1 N–H and O–H groups in total. The molecule has 0 aliphatic heterocycles. The number of aryl methyl sites for hydroxylation is 2. The van der Waals surface area contributed by atoms with E-state index in [2.05, 4.69) is 10.4 Å². The van der Waals surface area contributed by atoms with Crippen LogP contribution in [0.1, 0.15) is 17.8 Å². The van der Waals surface area contributed by atoms with E-state index in [4.69, 9.17) is 4.74 Å². The fourth-order valence-electron chi connectivity index (χ4n) is 2.17. The van der Waals surface area contributed by atoms with Gasteiger partial charge in [-0.3, -0.25) is 4.68 Å². The first-order valence-electron chi connectivity index (χ1n) is 7.00. The molecule has 0 radical (unpaired) electrons. The molecule has 0 saturated carbocycles. The van der Waals surface area contributed by atoms with Gasteiger partial charge < -0.3 is 10.1 Å². The number of ether oxygens (including phenoxy) is 1. The molecule has 0 amide bonds. The van der Waals surface area contributed by atoms with Crippen LogP contribution in [0.2, 0.25) is 0 Å². The molecule has 0 spiro atoms. The van der Waals surface area contributed by atoms with Gasteiger partial charge in [0.25, 0.3) is 0 Å². The number of sulfonamides is 1. The van der Waals surface area contributed by atoms with E-state index in [1.165, 1.54) is 4.31 Å². The van der Waals surface area contributed by atoms with Crippen LogP contribution < -0.4 is 5.32 Å². The van der Waals surface area contributed by atoms with Gasteiger partial charge in [-0.15, -0.1) is 0 Å². The van der Waals surface area contributed by atoms with Gasteiger partial charge in [0.15, 0.2) is 0 Å². The highest BCUT2D eigenvalue weighted by Crippen LogP contribution is 2.22. The fraction of sp³-hybridized carbons (Fsp3) is 0.769. The van der Waals surface area contributed by atoms with E-state index >= 15 is 0 Å². The molecular weight excluding hydrogens is 292 g/mol. The lowest BCUT2D eigenvalue weighted by atomic mass is 10.4. The highest BCUT2D eigenvalue weighted by molar-refractivity contribution is 7.89. The maximum absolute atomic E-state index is 12.6. The molecule has 21 heavy (non-hydrogen) atoms. The minimum absolute atomic E-state index is 0.311. The van der Waals surface area contributed by atoms with Gasteiger partial charge in [0.2, 0.25) is 10.0 Å². The van der Waals surface area contributed by atoms with Gasteiger partial charge in [-0.1, -0.05) is 0 Å². The number of hydrogen-bond acceptors (Lipinski definition) is 5. The van der Waals surface area contributed by atoms with E-state index in [9.17, 15) is 8.42 Å². The molecule has 0 fully saturated rings. The predicted molar refractivity (Wildman–Crippen MR) is 81.9 cm³/mol. The maximum atomic E-state index is 12.6. The van der Waals surface area contributed by atoms with Crippen molar-refractivity contribution in [3.63, 3.8) is 0 Å². The highest BCUT2D eigenvalue weighted by atomic mass is 32.2. The summed E-state index contributed by atoms with van der Waals surface area (Å²) >= 11 is 0. The number of methoxy groups -OCH3 is 1. The molecular formula is C13H26N4O3S. The molecule has 1 aromatic rings. The summed E-state index contributed by atoms with van der Waals surface area (Å²) in [5.74, 6) is 0. The molecule has 1 heterocycles. The zero-order valence-electron chi connectivity index (χ0n) is 13.5. The molecule has 0 unspecified atom stereocenters. The van der Waals surface area contributed by atoms with Crippen LogP contribution in [0, 0.1) is 13.8 Å². The third kappa shape index (κ3) is 4.26. The summed E-state index contributed by atoms with van der Waals surface area (Å²) < 4.78 is 33.3. The number of nitrogens with zero attached hydrogens (tertiary/aromatic N) is 3. The standard InChI is InChI=1S/C13H26N4O3S/c1-11-13(21(18,19)16(4)9-10-20-5)12(2)17(15-11)8-6-7-14-3/h14H,6-10H2,1-5H3. The number of aromatic nitrogens is 2. The molecule has 122 valence electrons. The normalized spacial score (nSPS) is 12.3. The van der Waals surface area contributed by atoms with E-state index < -0.39 is 10.0 Å². The van der Waals surface area contributed by atoms with Gasteiger partial charge in [-0.25, -0.2) is 8.42 Å². The second kappa shape index (κ2) is 7.88. The Morgan fingerprint density at radius 3 is 2.62 bits per heavy atom. The number of hydrogen-bond donors (Lipinski definition) is 1. The van der Waals surface area contributed by atoms with Crippen LogP contribution in [-0.4, -0.2) is 63.4 Å². The summed E-state index contributed by atoms with van der Waals surface area (Å²) in [6.45, 7) is 5.79. The first-order chi connectivity index (χ1) is 9.86. The Bertz CT molecular complexity index is 554. The summed E-state index contributed by atoms with van der Waals surface area (Å²) in [6, 6.07) is 0. The molecule has 1 rings (SSSR count). The SMILES string of the molecule is CNCCCn1nc(C)c(S(=O)(=O)N(C)CCOC)c1C. The van der Waals surface area contributed by atoms with Crippen LogP contribution in [0.25, 0.3) is 0 Å². The van der Waals surface area contributed by atoms with Crippen molar-refractivity contribution in [2.45, 2.75) is 31.7 Å². The molecule has 8 heteroatoms. The molecule has 0 aromatic carbocycles. The largest absolute Gasteiger partial charge is 0.383 e. The van der Waals surface area contributed by atoms with E-state index in [1.807, 2.05) is 7.05 Å². The molecule has 0 aliphatic rings. The lowest BCUT2D eigenvalue weighted by molar-refractivity contribution is 0.185. The van der Waals surface area contributed by atoms with Gasteiger partial charge in [0.05, 0.1) is 18.0 Å². The number of rotatable bonds is 9. The highest BCUT2D eigenvalue weighted by Gasteiger charge is 2.28. The van der Waals surface area contributed by atoms with Crippen molar-refractivity contribution in [2.75, 3.05) is 40.9 Å². The molecule has 0 saturated heterocycles. The summed E-state index contributed by atoms with van der Waals surface area (Å²) in [5, 5.41) is 7.43. The van der Waals surface area contributed by atoms with Gasteiger partial charge in [0, 0.05) is 27.2 Å². The molecule has 7 nitrogen and oxygen atoms in total. The Morgan fingerprint density at radius 1 is 1.38 bits per heavy atom. The van der Waals surface area contributed by atoms with Crippen molar-refractivity contribution in [2.24, 2.45) is 0 Å². The van der Waals surface area contributed by atoms with Crippen LogP contribution in [0.15, 0.2) is 4.90 Å². The minimum atomic E-state index is -3.53. The van der Waals surface area contributed by atoms with Crippen LogP contribution in [0.4, 0.5) is 0 Å². The van der Waals surface area contributed by atoms with Crippen molar-refractivity contribution in [1.82, 2.24) is 19.4 Å². The Hall–Kier alpha value is -0.960. The van der Waals surface area contributed by atoms with Crippen LogP contribution >= 0.6 is 0 Å². The quantitative estimate of drug-likeness (QED) is 0.666. The third-order valence-electron chi connectivity index (χ3n) is 3.39. The van der Waals surface area contributed by atoms with Crippen molar-refractivity contribution in [3.8, 4) is 0 Å². The monoisotopic (exact) mass is 318 g/mol. The van der Waals surface area contributed by atoms with E-state index in [1.54, 1.807) is 32.7 Å². The van der Waals surface area contributed by atoms with E-state index in [-0.39, 0.29) is 0 Å². The topological polar surface area (TPSA) is 76.5 Å². The first kappa shape index (κ1) is 18.1. The maximum Gasteiger partial charge on any atom is 0.246 e. The average Bonchev–Trinajstić information content (AvgIpc) is 2.71. The fourth-order valence-corrected chi connectivity index (χ4v) is 3.69. The Kier molecular flexibility index (Phi) is 6.79. The Morgan fingerprint density at radius 2 is 2.05 bits per heavy atom. The molecule has 0 atom stereocenters. The zero-order valence-corrected chi connectivity index (χ0v) is 14.3. The van der Waals surface area contributed by atoms with Gasteiger partial charge in [-0.05, 0) is 33.9 Å². The second-order valence-corrected chi connectivity index (χ2v) is 6.98. The summed E-state index contributed by atoms with van der Waals surface area (Å²) in [4.78, 5) is 0.311. The predicted octanol–water partition coefficient (Wildman–Crippen LogP) is 0.376. The van der Waals surface area contributed by atoms with Crippen molar-refractivity contribution in [1.29, 1.82) is 0 Å². The molecule has 0 aliphatic carbocycles. The van der Waals surface area contributed by atoms with Crippen molar-refractivity contribution >= 4 is 10.0 Å². The van der Waals surface area contributed by atoms with Crippen LogP contribution in [0.5, 0.6) is 0 Å². The average molecular weight is 318 g/mol. The Balaban J connectivity index is 3.01. The Labute approximate surface area is 127 Å². The lowest BCUT2D eigenvalue weighted by Gasteiger charge is -2.17. The third-order valence-corrected chi connectivity index (χ3v) is 5.50. The minimum Gasteiger partial charge on any atom is -0.383 e. The van der Waals surface area contributed by atoms with Crippen LogP contribution in [0.3, 0.4) is 0 Å². The summed E-state index contributed by atoms with van der Waals surface area (Å²) in [5.41, 5.74) is 1.23. The van der Waals surface area contributed by atoms with Crippen molar-refractivity contribution < 1.29 is 13.2 Å². The van der Waals surface area contributed by atoms with Gasteiger partial charge in [0.1, 0.15) is 4.90 Å². The second-order valence-electron chi connectivity index (χ2n) is 5.00. The van der Waals surface area contributed by atoms with Crippen LogP contribution in [-0.2, 0) is 21.3 Å². The summed E-state index contributed by atoms with van der Waals surface area (Å²) in [6.07, 6.45) is 0.900. The summed E-state index contributed by atoms with van der Waals surface area (Å²) in [7, 11) is 1.48. The first-order valence-corrected chi connectivity index (χ1v) is 8.44. The smallest absolute Gasteiger partial charge is 0.246 e. The lowest BCUT2D eigenvalue weighted by Crippen LogP contribution is -2.30. The zero-order chi connectivity index (χ0) is 16.0. The van der Waals surface area contributed by atoms with E-state index in [0.29, 0.717) is 36.0 Å². The molecule has 0 bridgehead atoms. The number of nitrogens with one attached hydrogen (secondary N) is 1. The van der Waals surface area contributed by atoms with E-state index in [0.717, 1.165) is 13.0 Å². The number of likely N-dealkylation sites (N-methyl/N-ethyl adjacent to an activating group) is 1.